The van der Waals surface area contributed by atoms with E-state index in [2.05, 4.69) is 6.58 Å². The zero-order chi connectivity index (χ0) is 10.7. The molecule has 76 valence electrons. The molecule has 0 fully saturated rings. The smallest absolute Gasteiger partial charge is 0.194 e. The first-order valence-corrected chi connectivity index (χ1v) is 4.07. The maximum Gasteiger partial charge on any atom is 0.194 e. The van der Waals surface area contributed by atoms with Crippen molar-refractivity contribution >= 4 is 0 Å². The highest BCUT2D eigenvalue weighted by Gasteiger charge is 2.16. The molecule has 1 aromatic carbocycles. The van der Waals surface area contributed by atoms with Crippen molar-refractivity contribution in [1.29, 1.82) is 0 Å². The number of hydrogen-bond donors (Lipinski definition) is 1. The molecule has 0 heterocycles. The minimum atomic E-state index is -1.48. The molecule has 1 atom stereocenters. The fourth-order valence-electron chi connectivity index (χ4n) is 1.13. The van der Waals surface area contributed by atoms with Crippen LogP contribution < -0.4 is 5.73 Å². The second-order valence-corrected chi connectivity index (χ2v) is 2.90. The Labute approximate surface area is 80.0 Å². The van der Waals surface area contributed by atoms with E-state index in [4.69, 9.17) is 5.73 Å². The molecule has 1 aromatic rings. The molecular weight excluding hydrogens is 191 g/mol. The van der Waals surface area contributed by atoms with Crippen LogP contribution in [0.2, 0.25) is 0 Å². The van der Waals surface area contributed by atoms with Crippen LogP contribution >= 0.6 is 0 Å². The summed E-state index contributed by atoms with van der Waals surface area (Å²) in [4.78, 5) is 0. The fourth-order valence-corrected chi connectivity index (χ4v) is 1.13. The Bertz CT molecular complexity index is 349. The summed E-state index contributed by atoms with van der Waals surface area (Å²) >= 11 is 0. The van der Waals surface area contributed by atoms with Crippen LogP contribution in [0, 0.1) is 17.5 Å². The zero-order valence-corrected chi connectivity index (χ0v) is 7.43. The van der Waals surface area contributed by atoms with Gasteiger partial charge in [0.15, 0.2) is 17.5 Å². The van der Waals surface area contributed by atoms with Crippen molar-refractivity contribution in [3.63, 3.8) is 0 Å². The molecule has 0 aliphatic rings. The van der Waals surface area contributed by atoms with Crippen molar-refractivity contribution in [3.8, 4) is 0 Å². The summed E-state index contributed by atoms with van der Waals surface area (Å²) < 4.78 is 38.4. The molecule has 0 aromatic heterocycles. The van der Waals surface area contributed by atoms with Crippen molar-refractivity contribution in [2.45, 2.75) is 12.5 Å². The number of nitrogens with two attached hydrogens (primary N) is 1. The lowest BCUT2D eigenvalue weighted by Crippen LogP contribution is -2.12. The molecule has 4 heteroatoms. The van der Waals surface area contributed by atoms with Crippen LogP contribution in [-0.2, 0) is 0 Å². The SMILES string of the molecule is C=CC[C@@H](N)c1ccc(F)c(F)c1F. The predicted molar refractivity (Wildman–Crippen MR) is 48.1 cm³/mol. The summed E-state index contributed by atoms with van der Waals surface area (Å²) in [6.07, 6.45) is 1.80. The molecule has 0 amide bonds. The van der Waals surface area contributed by atoms with Gasteiger partial charge in [-0.3, -0.25) is 0 Å². The molecule has 14 heavy (non-hydrogen) atoms. The lowest BCUT2D eigenvalue weighted by atomic mass is 10.0. The monoisotopic (exact) mass is 201 g/mol. The molecule has 0 aliphatic carbocycles. The highest BCUT2D eigenvalue weighted by atomic mass is 19.2. The van der Waals surface area contributed by atoms with E-state index in [-0.39, 0.29) is 5.56 Å². The van der Waals surface area contributed by atoms with E-state index in [1.807, 2.05) is 0 Å². The second kappa shape index (κ2) is 4.28. The van der Waals surface area contributed by atoms with E-state index in [1.165, 1.54) is 6.08 Å². The third kappa shape index (κ3) is 1.96. The number of halogens is 3. The average molecular weight is 201 g/mol. The minimum Gasteiger partial charge on any atom is -0.324 e. The van der Waals surface area contributed by atoms with Crippen LogP contribution in [0.3, 0.4) is 0 Å². The van der Waals surface area contributed by atoms with Gasteiger partial charge in [0.25, 0.3) is 0 Å². The quantitative estimate of drug-likeness (QED) is 0.590. The van der Waals surface area contributed by atoms with Gasteiger partial charge in [-0.15, -0.1) is 6.58 Å². The normalized spacial score (nSPS) is 12.6. The largest absolute Gasteiger partial charge is 0.324 e. The molecule has 0 saturated heterocycles. The Hall–Kier alpha value is -1.29. The summed E-state index contributed by atoms with van der Waals surface area (Å²) in [7, 11) is 0. The second-order valence-electron chi connectivity index (χ2n) is 2.90. The van der Waals surface area contributed by atoms with Crippen LogP contribution in [0.1, 0.15) is 18.0 Å². The first-order chi connectivity index (χ1) is 6.57. The summed E-state index contributed by atoms with van der Waals surface area (Å²) in [5.74, 6) is -3.92. The molecule has 0 spiro atoms. The van der Waals surface area contributed by atoms with E-state index >= 15 is 0 Å². The van der Waals surface area contributed by atoms with Crippen molar-refractivity contribution in [2.75, 3.05) is 0 Å². The van der Waals surface area contributed by atoms with Gasteiger partial charge in [0.05, 0.1) is 0 Å². The van der Waals surface area contributed by atoms with Crippen LogP contribution in [0.25, 0.3) is 0 Å². The minimum absolute atomic E-state index is 0.0381. The van der Waals surface area contributed by atoms with E-state index in [0.717, 1.165) is 12.1 Å². The fraction of sp³-hybridized carbons (Fsp3) is 0.200. The van der Waals surface area contributed by atoms with Crippen molar-refractivity contribution in [2.24, 2.45) is 5.73 Å². The van der Waals surface area contributed by atoms with Crippen molar-refractivity contribution in [1.82, 2.24) is 0 Å². The molecule has 0 unspecified atom stereocenters. The van der Waals surface area contributed by atoms with E-state index in [1.54, 1.807) is 0 Å². The summed E-state index contributed by atoms with van der Waals surface area (Å²) in [5, 5.41) is 0. The Balaban J connectivity index is 3.10. The van der Waals surface area contributed by atoms with Gasteiger partial charge in [0.2, 0.25) is 0 Å². The van der Waals surface area contributed by atoms with Gasteiger partial charge in [-0.05, 0) is 12.5 Å². The third-order valence-corrected chi connectivity index (χ3v) is 1.89. The number of hydrogen-bond acceptors (Lipinski definition) is 1. The summed E-state index contributed by atoms with van der Waals surface area (Å²) in [6.45, 7) is 3.43. The first-order valence-electron chi connectivity index (χ1n) is 4.07. The van der Waals surface area contributed by atoms with Crippen molar-refractivity contribution in [3.05, 3.63) is 47.8 Å². The molecule has 0 aliphatic heterocycles. The first kappa shape index (κ1) is 10.8. The molecule has 0 saturated carbocycles. The Morgan fingerprint density at radius 2 is 1.93 bits per heavy atom. The molecular formula is C10H10F3N. The van der Waals surface area contributed by atoms with Crippen LogP contribution in [0.5, 0.6) is 0 Å². The number of benzene rings is 1. The molecule has 0 radical (unpaired) electrons. The van der Waals surface area contributed by atoms with E-state index < -0.39 is 23.5 Å². The van der Waals surface area contributed by atoms with Crippen LogP contribution in [0.4, 0.5) is 13.2 Å². The van der Waals surface area contributed by atoms with Gasteiger partial charge in [0, 0.05) is 11.6 Å². The van der Waals surface area contributed by atoms with Gasteiger partial charge >= 0.3 is 0 Å². The third-order valence-electron chi connectivity index (χ3n) is 1.89. The van der Waals surface area contributed by atoms with Gasteiger partial charge in [-0.1, -0.05) is 12.1 Å². The maximum absolute atomic E-state index is 13.1. The van der Waals surface area contributed by atoms with Gasteiger partial charge in [0.1, 0.15) is 0 Å². The molecule has 1 nitrogen and oxygen atoms in total. The lowest BCUT2D eigenvalue weighted by Gasteiger charge is -2.10. The van der Waals surface area contributed by atoms with Crippen LogP contribution in [-0.4, -0.2) is 0 Å². The molecule has 1 rings (SSSR count). The number of rotatable bonds is 3. The topological polar surface area (TPSA) is 26.0 Å². The van der Waals surface area contributed by atoms with Gasteiger partial charge in [-0.2, -0.15) is 0 Å². The maximum atomic E-state index is 13.1. The Morgan fingerprint density at radius 3 is 2.50 bits per heavy atom. The van der Waals surface area contributed by atoms with Crippen molar-refractivity contribution < 1.29 is 13.2 Å². The highest BCUT2D eigenvalue weighted by Crippen LogP contribution is 2.21. The molecule has 0 bridgehead atoms. The summed E-state index contributed by atoms with van der Waals surface area (Å²) in [6, 6.07) is 1.31. The predicted octanol–water partition coefficient (Wildman–Crippen LogP) is 2.68. The van der Waals surface area contributed by atoms with Crippen LogP contribution in [0.15, 0.2) is 24.8 Å². The average Bonchev–Trinajstić information content (AvgIpc) is 2.15. The Kier molecular flexibility index (Phi) is 3.30. The Morgan fingerprint density at radius 1 is 1.29 bits per heavy atom. The van der Waals surface area contributed by atoms with E-state index in [9.17, 15) is 13.2 Å². The standard InChI is InChI=1S/C10H10F3N/c1-2-3-8(14)6-4-5-7(11)10(13)9(6)12/h2,4-5,8H,1,3,14H2/t8-/m1/s1. The summed E-state index contributed by atoms with van der Waals surface area (Å²) in [5.41, 5.74) is 5.49. The zero-order valence-electron chi connectivity index (χ0n) is 7.43. The highest BCUT2D eigenvalue weighted by molar-refractivity contribution is 5.23. The van der Waals surface area contributed by atoms with Gasteiger partial charge < -0.3 is 5.73 Å². The van der Waals surface area contributed by atoms with E-state index in [0.29, 0.717) is 6.42 Å². The molecule has 2 N–H and O–H groups in total. The van der Waals surface area contributed by atoms with Gasteiger partial charge in [-0.25, -0.2) is 13.2 Å². The lowest BCUT2D eigenvalue weighted by molar-refractivity contribution is 0.435.